The van der Waals surface area contributed by atoms with Gasteiger partial charge in [0.2, 0.25) is 0 Å². The number of rotatable bonds is 2. The van der Waals surface area contributed by atoms with Gasteiger partial charge in [-0.25, -0.2) is 0 Å². The van der Waals surface area contributed by atoms with E-state index in [9.17, 15) is 0 Å². The molecule has 3 heteroatoms. The van der Waals surface area contributed by atoms with Crippen LogP contribution in [0.4, 0.5) is 0 Å². The van der Waals surface area contributed by atoms with E-state index in [-0.39, 0.29) is 15.0 Å². The monoisotopic (exact) mass is 281 g/mol. The second-order valence-corrected chi connectivity index (χ2v) is 5.39. The first kappa shape index (κ1) is 10.5. The van der Waals surface area contributed by atoms with Crippen molar-refractivity contribution in [3.63, 3.8) is 0 Å². The summed E-state index contributed by atoms with van der Waals surface area (Å²) in [5, 5.41) is 2.53. The molecule has 0 N–H and O–H groups in total. The van der Waals surface area contributed by atoms with E-state index in [0.29, 0.717) is 0 Å². The van der Waals surface area contributed by atoms with E-state index >= 15 is 0 Å². The fraction of sp³-hybridized carbons (Fsp3) is 0.0833. The number of hydrogen-bond acceptors (Lipinski definition) is 1. The maximum absolute atomic E-state index is 6.12. The molecule has 0 atom stereocenters. The summed E-state index contributed by atoms with van der Waals surface area (Å²) in [4.78, 5) is 4.51. The summed E-state index contributed by atoms with van der Waals surface area (Å²) < 4.78 is 0.945. The van der Waals surface area contributed by atoms with Gasteiger partial charge in [-0.3, -0.25) is 0 Å². The number of benzene rings is 1. The Bertz CT molecular complexity index is 531. The molecule has 0 aliphatic heterocycles. The summed E-state index contributed by atoms with van der Waals surface area (Å²) >= 11 is 6.30. The van der Waals surface area contributed by atoms with Crippen molar-refractivity contribution >= 4 is 42.1 Å². The zero-order valence-electron chi connectivity index (χ0n) is 7.90. The molecule has 0 radical (unpaired) electrons. The van der Waals surface area contributed by atoms with Crippen molar-refractivity contribution in [2.45, 2.75) is 5.32 Å². The number of nitrogens with zero attached hydrogens (tertiary/aromatic N) is 1. The van der Waals surface area contributed by atoms with E-state index < -0.39 is 0 Å². The molecule has 0 aliphatic rings. The Morgan fingerprint density at radius 2 is 2.20 bits per heavy atom. The van der Waals surface area contributed by atoms with Crippen molar-refractivity contribution in [2.24, 2.45) is 0 Å². The van der Waals surface area contributed by atoms with E-state index in [2.05, 4.69) is 10.9 Å². The molecule has 1 aromatic heterocycles. The Kier molecular flexibility index (Phi) is 3.28. The van der Waals surface area contributed by atoms with Crippen molar-refractivity contribution in [1.29, 1.82) is 0 Å². The van der Waals surface area contributed by atoms with Gasteiger partial charge in [0.25, 0.3) is 0 Å². The van der Waals surface area contributed by atoms with Crippen LogP contribution >= 0.6 is 11.6 Å². The standard InChI is InChI=1S/C12H8ClNSe/c1-2-7-15-12-10(13)8-9-5-3-4-6-11(9)14-12/h1,3-6,8H,7H2. The van der Waals surface area contributed by atoms with Gasteiger partial charge in [0.1, 0.15) is 0 Å². The van der Waals surface area contributed by atoms with Gasteiger partial charge in [0.05, 0.1) is 0 Å². The normalized spacial score (nSPS) is 10.1. The second-order valence-electron chi connectivity index (χ2n) is 2.96. The SMILES string of the molecule is C#CC[Se]c1nc2ccccc2cc1Cl. The number of fused-ring (bicyclic) bond motifs is 1. The Morgan fingerprint density at radius 1 is 1.40 bits per heavy atom. The first-order valence-corrected chi connectivity index (χ1v) is 6.87. The number of pyridine rings is 1. The third-order valence-corrected chi connectivity index (χ3v) is 4.36. The Hall–Kier alpha value is -1.00. The van der Waals surface area contributed by atoms with Gasteiger partial charge in [-0.05, 0) is 0 Å². The van der Waals surface area contributed by atoms with E-state index in [1.54, 1.807) is 0 Å². The van der Waals surface area contributed by atoms with Crippen LogP contribution in [0.25, 0.3) is 10.9 Å². The molecule has 2 aromatic rings. The zero-order chi connectivity index (χ0) is 10.7. The average Bonchev–Trinajstić information content (AvgIpc) is 2.26. The molecule has 0 fully saturated rings. The molecule has 15 heavy (non-hydrogen) atoms. The summed E-state index contributed by atoms with van der Waals surface area (Å²) in [7, 11) is 0. The molecule has 0 saturated heterocycles. The average molecular weight is 281 g/mol. The number of para-hydroxylation sites is 1. The van der Waals surface area contributed by atoms with Gasteiger partial charge in [0, 0.05) is 0 Å². The minimum absolute atomic E-state index is 0.176. The Balaban J connectivity index is 2.48. The van der Waals surface area contributed by atoms with E-state index in [4.69, 9.17) is 18.0 Å². The van der Waals surface area contributed by atoms with Crippen molar-refractivity contribution in [3.8, 4) is 12.3 Å². The Morgan fingerprint density at radius 3 is 3.00 bits per heavy atom. The molecular formula is C12H8ClNSe. The molecular weight excluding hydrogens is 273 g/mol. The topological polar surface area (TPSA) is 12.9 Å². The number of halogens is 1. The van der Waals surface area contributed by atoms with Crippen molar-refractivity contribution in [1.82, 2.24) is 4.98 Å². The summed E-state index contributed by atoms with van der Waals surface area (Å²) in [5.74, 6) is 2.62. The number of terminal acetylenes is 1. The van der Waals surface area contributed by atoms with E-state index in [0.717, 1.165) is 25.8 Å². The maximum atomic E-state index is 6.12. The van der Waals surface area contributed by atoms with Crippen LogP contribution < -0.4 is 4.59 Å². The van der Waals surface area contributed by atoms with Crippen LogP contribution in [0.5, 0.6) is 0 Å². The molecule has 2 rings (SSSR count). The summed E-state index contributed by atoms with van der Waals surface area (Å²) in [5.41, 5.74) is 0.982. The second kappa shape index (κ2) is 4.68. The molecule has 1 nitrogen and oxygen atoms in total. The quantitative estimate of drug-likeness (QED) is 0.607. The van der Waals surface area contributed by atoms with Gasteiger partial charge in [-0.15, -0.1) is 0 Å². The van der Waals surface area contributed by atoms with Gasteiger partial charge in [-0.1, -0.05) is 0 Å². The van der Waals surface area contributed by atoms with Crippen molar-refractivity contribution < 1.29 is 0 Å². The van der Waals surface area contributed by atoms with Crippen LogP contribution in [0.15, 0.2) is 30.3 Å². The fourth-order valence-electron chi connectivity index (χ4n) is 1.28. The molecule has 1 aromatic carbocycles. The number of hydrogen-bond donors (Lipinski definition) is 0. The first-order valence-electron chi connectivity index (χ1n) is 4.43. The van der Waals surface area contributed by atoms with Crippen LogP contribution in [0.1, 0.15) is 0 Å². The van der Waals surface area contributed by atoms with E-state index in [1.807, 2.05) is 30.3 Å². The van der Waals surface area contributed by atoms with Crippen LogP contribution in [0.3, 0.4) is 0 Å². The molecule has 0 spiro atoms. The minimum atomic E-state index is 0.176. The summed E-state index contributed by atoms with van der Waals surface area (Å²) in [6, 6.07) is 9.90. The molecule has 0 amide bonds. The molecule has 0 aliphatic carbocycles. The fourth-order valence-corrected chi connectivity index (χ4v) is 2.94. The summed E-state index contributed by atoms with van der Waals surface area (Å²) in [6.45, 7) is 0. The van der Waals surface area contributed by atoms with Gasteiger partial charge >= 0.3 is 100 Å². The third-order valence-electron chi connectivity index (χ3n) is 1.94. The molecule has 1 heterocycles. The van der Waals surface area contributed by atoms with Gasteiger partial charge in [-0.2, -0.15) is 0 Å². The Labute approximate surface area is 100 Å². The molecule has 0 bridgehead atoms. The third kappa shape index (κ3) is 2.33. The predicted octanol–water partition coefficient (Wildman–Crippen LogP) is 2.27. The van der Waals surface area contributed by atoms with E-state index in [1.165, 1.54) is 0 Å². The van der Waals surface area contributed by atoms with Crippen LogP contribution in [0.2, 0.25) is 10.3 Å². The zero-order valence-corrected chi connectivity index (χ0v) is 10.4. The van der Waals surface area contributed by atoms with Gasteiger partial charge in [0.15, 0.2) is 0 Å². The molecule has 0 unspecified atom stereocenters. The van der Waals surface area contributed by atoms with Crippen LogP contribution in [0, 0.1) is 12.3 Å². The molecule has 74 valence electrons. The van der Waals surface area contributed by atoms with Crippen LogP contribution in [-0.4, -0.2) is 19.9 Å². The van der Waals surface area contributed by atoms with Crippen LogP contribution in [-0.2, 0) is 0 Å². The molecule has 0 saturated carbocycles. The van der Waals surface area contributed by atoms with Crippen molar-refractivity contribution in [2.75, 3.05) is 0 Å². The first-order chi connectivity index (χ1) is 7.31. The number of aromatic nitrogens is 1. The predicted molar refractivity (Wildman–Crippen MR) is 65.8 cm³/mol. The van der Waals surface area contributed by atoms with Crippen molar-refractivity contribution in [3.05, 3.63) is 35.4 Å². The van der Waals surface area contributed by atoms with Gasteiger partial charge < -0.3 is 0 Å². The summed E-state index contributed by atoms with van der Waals surface area (Å²) in [6.07, 6.45) is 5.23.